The number of hydrogen-bond acceptors (Lipinski definition) is 4. The molecule has 92 valence electrons. The number of aromatic amines is 1. The zero-order valence-electron chi connectivity index (χ0n) is 9.40. The fraction of sp³-hybridized carbons (Fsp3) is 0.0833. The van der Waals surface area contributed by atoms with Gasteiger partial charge in [-0.05, 0) is 40.2 Å². The molecular weight excluding hydrogens is 312 g/mol. The van der Waals surface area contributed by atoms with Crippen LogP contribution in [-0.4, -0.2) is 9.97 Å². The second-order valence-electron chi connectivity index (χ2n) is 3.95. The predicted octanol–water partition coefficient (Wildman–Crippen LogP) is 3.58. The first kappa shape index (κ1) is 11.6. The average molecular weight is 323 g/mol. The van der Waals surface area contributed by atoms with Gasteiger partial charge in [0.1, 0.15) is 0 Å². The van der Waals surface area contributed by atoms with Crippen LogP contribution >= 0.6 is 27.3 Å². The Morgan fingerprint density at radius 2 is 2.28 bits per heavy atom. The zero-order valence-corrected chi connectivity index (χ0v) is 11.8. The molecule has 0 spiro atoms. The number of nitrogens with one attached hydrogen (secondary N) is 2. The summed E-state index contributed by atoms with van der Waals surface area (Å²) in [5.74, 6) is 0.764. The molecule has 3 aromatic rings. The Morgan fingerprint density at radius 1 is 1.39 bits per heavy atom. The number of nitrogens with two attached hydrogens (primary N) is 1. The molecule has 4 N–H and O–H groups in total. The van der Waals surface area contributed by atoms with Gasteiger partial charge in [0, 0.05) is 20.4 Å². The Morgan fingerprint density at radius 3 is 3.06 bits per heavy atom. The summed E-state index contributed by atoms with van der Waals surface area (Å²) in [7, 11) is 0. The van der Waals surface area contributed by atoms with E-state index >= 15 is 0 Å². The van der Waals surface area contributed by atoms with E-state index in [1.807, 2.05) is 18.2 Å². The molecule has 0 radical (unpaired) electrons. The Hall–Kier alpha value is -1.53. The topological polar surface area (TPSA) is 66.7 Å². The van der Waals surface area contributed by atoms with E-state index in [2.05, 4.69) is 42.7 Å². The van der Waals surface area contributed by atoms with Crippen LogP contribution < -0.4 is 11.1 Å². The molecule has 2 heterocycles. The molecule has 0 fully saturated rings. The first-order valence-corrected chi connectivity index (χ1v) is 7.10. The van der Waals surface area contributed by atoms with E-state index in [9.17, 15) is 0 Å². The van der Waals surface area contributed by atoms with Crippen LogP contribution in [0.3, 0.4) is 0 Å². The highest BCUT2D eigenvalue weighted by Gasteiger charge is 2.03. The zero-order chi connectivity index (χ0) is 12.5. The number of benzene rings is 1. The van der Waals surface area contributed by atoms with Gasteiger partial charge in [-0.15, -0.1) is 11.3 Å². The SMILES string of the molecule is Nc1ccc2nc(NCc3cc(Br)cs3)[nH]c2c1. The Balaban J connectivity index is 1.78. The number of imidazole rings is 1. The fourth-order valence-corrected chi connectivity index (χ4v) is 3.12. The van der Waals surface area contributed by atoms with Gasteiger partial charge in [-0.1, -0.05) is 0 Å². The van der Waals surface area contributed by atoms with Gasteiger partial charge < -0.3 is 16.0 Å². The van der Waals surface area contributed by atoms with Gasteiger partial charge in [0.05, 0.1) is 17.6 Å². The lowest BCUT2D eigenvalue weighted by atomic mass is 10.3. The van der Waals surface area contributed by atoms with Crippen LogP contribution in [0.4, 0.5) is 11.6 Å². The van der Waals surface area contributed by atoms with E-state index in [-0.39, 0.29) is 0 Å². The van der Waals surface area contributed by atoms with E-state index in [0.717, 1.165) is 33.7 Å². The molecule has 0 unspecified atom stereocenters. The Bertz CT molecular complexity index is 688. The lowest BCUT2D eigenvalue weighted by Gasteiger charge is -1.98. The number of H-pyrrole nitrogens is 1. The molecule has 2 aromatic heterocycles. The van der Waals surface area contributed by atoms with Crippen LogP contribution in [0.2, 0.25) is 0 Å². The fourth-order valence-electron chi connectivity index (χ4n) is 1.73. The highest BCUT2D eigenvalue weighted by molar-refractivity contribution is 9.10. The number of nitrogen functional groups attached to an aromatic ring is 1. The number of fused-ring (bicyclic) bond motifs is 1. The van der Waals surface area contributed by atoms with E-state index < -0.39 is 0 Å². The quantitative estimate of drug-likeness (QED) is 0.646. The van der Waals surface area contributed by atoms with Gasteiger partial charge >= 0.3 is 0 Å². The van der Waals surface area contributed by atoms with Crippen LogP contribution in [0.15, 0.2) is 34.1 Å². The minimum absolute atomic E-state index is 0.736. The van der Waals surface area contributed by atoms with Gasteiger partial charge in [0.15, 0.2) is 0 Å². The summed E-state index contributed by atoms with van der Waals surface area (Å²) in [6.07, 6.45) is 0. The predicted molar refractivity (Wildman–Crippen MR) is 79.9 cm³/mol. The Labute approximate surface area is 116 Å². The number of nitrogens with zero attached hydrogens (tertiary/aromatic N) is 1. The van der Waals surface area contributed by atoms with Crippen molar-refractivity contribution >= 4 is 49.9 Å². The van der Waals surface area contributed by atoms with Crippen LogP contribution in [0.1, 0.15) is 4.88 Å². The normalized spacial score (nSPS) is 10.9. The summed E-state index contributed by atoms with van der Waals surface area (Å²) in [6.45, 7) is 0.756. The second-order valence-corrected chi connectivity index (χ2v) is 5.86. The van der Waals surface area contributed by atoms with E-state index in [0.29, 0.717) is 0 Å². The lowest BCUT2D eigenvalue weighted by Crippen LogP contribution is -1.98. The van der Waals surface area contributed by atoms with Crippen molar-refractivity contribution in [2.45, 2.75) is 6.54 Å². The molecular formula is C12H11BrN4S. The van der Waals surface area contributed by atoms with Crippen molar-refractivity contribution in [1.29, 1.82) is 0 Å². The minimum atomic E-state index is 0.736. The lowest BCUT2D eigenvalue weighted by molar-refractivity contribution is 1.13. The van der Waals surface area contributed by atoms with Crippen molar-refractivity contribution in [1.82, 2.24) is 9.97 Å². The summed E-state index contributed by atoms with van der Waals surface area (Å²) < 4.78 is 1.11. The van der Waals surface area contributed by atoms with E-state index in [1.54, 1.807) is 11.3 Å². The smallest absolute Gasteiger partial charge is 0.201 e. The number of aromatic nitrogens is 2. The van der Waals surface area contributed by atoms with Gasteiger partial charge in [0.2, 0.25) is 5.95 Å². The molecule has 0 aliphatic rings. The molecule has 0 saturated carbocycles. The third-order valence-electron chi connectivity index (χ3n) is 2.56. The molecule has 0 amide bonds. The number of halogens is 1. The van der Waals surface area contributed by atoms with Gasteiger partial charge in [0.25, 0.3) is 0 Å². The van der Waals surface area contributed by atoms with E-state index in [1.165, 1.54) is 4.88 Å². The monoisotopic (exact) mass is 322 g/mol. The van der Waals surface area contributed by atoms with Crippen molar-refractivity contribution < 1.29 is 0 Å². The molecule has 0 saturated heterocycles. The summed E-state index contributed by atoms with van der Waals surface area (Å²) in [6, 6.07) is 7.74. The summed E-state index contributed by atoms with van der Waals surface area (Å²) in [4.78, 5) is 8.90. The first-order chi connectivity index (χ1) is 8.70. The molecule has 18 heavy (non-hydrogen) atoms. The standard InChI is InChI=1S/C12H11BrN4S/c13-7-3-9(18-6-7)5-15-12-16-10-2-1-8(14)4-11(10)17-12/h1-4,6H,5,14H2,(H2,15,16,17). The highest BCUT2D eigenvalue weighted by atomic mass is 79.9. The summed E-state index contributed by atoms with van der Waals surface area (Å²) >= 11 is 5.15. The number of rotatable bonds is 3. The second kappa shape index (κ2) is 4.62. The van der Waals surface area contributed by atoms with Gasteiger partial charge in [-0.25, -0.2) is 4.98 Å². The summed E-state index contributed by atoms with van der Waals surface area (Å²) in [5, 5.41) is 5.33. The molecule has 3 rings (SSSR count). The van der Waals surface area contributed by atoms with Crippen molar-refractivity contribution in [2.24, 2.45) is 0 Å². The number of anilines is 2. The largest absolute Gasteiger partial charge is 0.399 e. The maximum atomic E-state index is 5.73. The van der Waals surface area contributed by atoms with E-state index in [4.69, 9.17) is 5.73 Å². The van der Waals surface area contributed by atoms with Crippen LogP contribution in [-0.2, 0) is 6.54 Å². The third kappa shape index (κ3) is 2.34. The van der Waals surface area contributed by atoms with Crippen molar-refractivity contribution in [3.05, 3.63) is 39.0 Å². The molecule has 1 aromatic carbocycles. The molecule has 0 aliphatic heterocycles. The van der Waals surface area contributed by atoms with Crippen molar-refractivity contribution in [2.75, 3.05) is 11.1 Å². The number of thiophene rings is 1. The molecule has 6 heteroatoms. The maximum absolute atomic E-state index is 5.73. The molecule has 0 atom stereocenters. The maximum Gasteiger partial charge on any atom is 0.201 e. The van der Waals surface area contributed by atoms with Crippen LogP contribution in [0, 0.1) is 0 Å². The highest BCUT2D eigenvalue weighted by Crippen LogP contribution is 2.21. The summed E-state index contributed by atoms with van der Waals surface area (Å²) in [5.41, 5.74) is 8.33. The average Bonchev–Trinajstić information content (AvgIpc) is 2.92. The van der Waals surface area contributed by atoms with Crippen LogP contribution in [0.25, 0.3) is 11.0 Å². The molecule has 4 nitrogen and oxygen atoms in total. The molecule has 0 aliphatic carbocycles. The van der Waals surface area contributed by atoms with Gasteiger partial charge in [-0.2, -0.15) is 0 Å². The minimum Gasteiger partial charge on any atom is -0.399 e. The Kier molecular flexibility index (Phi) is 2.97. The van der Waals surface area contributed by atoms with Gasteiger partial charge in [-0.3, -0.25) is 0 Å². The molecule has 0 bridgehead atoms. The van der Waals surface area contributed by atoms with Crippen molar-refractivity contribution in [3.8, 4) is 0 Å². The third-order valence-corrected chi connectivity index (χ3v) is 4.26. The first-order valence-electron chi connectivity index (χ1n) is 5.43. The van der Waals surface area contributed by atoms with Crippen LogP contribution in [0.5, 0.6) is 0 Å². The van der Waals surface area contributed by atoms with Crippen molar-refractivity contribution in [3.63, 3.8) is 0 Å². The number of hydrogen-bond donors (Lipinski definition) is 3.